The Bertz CT molecular complexity index is 1170. The minimum absolute atomic E-state index is 0.00750. The number of nitriles is 1. The first-order valence-electron chi connectivity index (χ1n) is 13.9. The third-order valence-electron chi connectivity index (χ3n) is 8.57. The molecule has 8 N–H and O–H groups in total. The molecule has 2 unspecified atom stereocenters. The highest BCUT2D eigenvalue weighted by molar-refractivity contribution is 5.62. The Morgan fingerprint density at radius 3 is 1.43 bits per heavy atom. The Kier molecular flexibility index (Phi) is 11.2. The molecule has 3 rings (SSSR count). The summed E-state index contributed by atoms with van der Waals surface area (Å²) in [5.41, 5.74) is 6.83. The molecule has 2 aromatic carbocycles. The molecule has 0 spiro atoms. The maximum atomic E-state index is 11.4. The van der Waals surface area contributed by atoms with Gasteiger partial charge in [-0.15, -0.1) is 0 Å². The van der Waals surface area contributed by atoms with Gasteiger partial charge in [-0.1, -0.05) is 66.2 Å². The zero-order valence-corrected chi connectivity index (χ0v) is 23.0. The molecule has 0 saturated carbocycles. The monoisotopic (exact) mass is 550 g/mol. The highest BCUT2D eigenvalue weighted by Gasteiger charge is 2.67. The molecule has 1 aliphatic rings. The van der Waals surface area contributed by atoms with Crippen molar-refractivity contribution in [2.75, 3.05) is 39.6 Å². The second kappa shape index (κ2) is 14.2. The van der Waals surface area contributed by atoms with Gasteiger partial charge in [-0.3, -0.25) is 0 Å². The molecule has 0 radical (unpaired) electrons. The molecule has 1 aliphatic carbocycles. The Morgan fingerprint density at radius 2 is 1.02 bits per heavy atom. The zero-order chi connectivity index (χ0) is 29.2. The molecule has 0 aromatic heterocycles. The van der Waals surface area contributed by atoms with E-state index in [1.807, 2.05) is 60.7 Å². The van der Waals surface area contributed by atoms with Crippen LogP contribution < -0.4 is 5.73 Å². The van der Waals surface area contributed by atoms with E-state index in [2.05, 4.69) is 6.07 Å². The summed E-state index contributed by atoms with van der Waals surface area (Å²) in [4.78, 5) is 0. The lowest BCUT2D eigenvalue weighted by Gasteiger charge is -2.62. The average Bonchev–Trinajstić information content (AvgIpc) is 2.97. The van der Waals surface area contributed by atoms with Crippen LogP contribution in [0.4, 0.5) is 0 Å². The highest BCUT2D eigenvalue weighted by Crippen LogP contribution is 2.65. The van der Waals surface area contributed by atoms with Crippen LogP contribution in [0.5, 0.6) is 0 Å². The second-order valence-electron chi connectivity index (χ2n) is 10.2. The van der Waals surface area contributed by atoms with E-state index in [4.69, 9.17) is 5.73 Å². The Balaban J connectivity index is 2.73. The van der Waals surface area contributed by atoms with Crippen LogP contribution in [0.2, 0.25) is 0 Å². The number of benzene rings is 2. The molecule has 2 aromatic rings. The highest BCUT2D eigenvalue weighted by atomic mass is 16.3. The van der Waals surface area contributed by atoms with Crippen molar-refractivity contribution in [1.82, 2.24) is 0 Å². The molecule has 216 valence electrons. The quantitative estimate of drug-likeness (QED) is 0.177. The van der Waals surface area contributed by atoms with Crippen molar-refractivity contribution in [3.05, 3.63) is 94.1 Å². The summed E-state index contributed by atoms with van der Waals surface area (Å²) < 4.78 is 0. The minimum atomic E-state index is -1.53. The van der Waals surface area contributed by atoms with Gasteiger partial charge in [0.05, 0.1) is 11.6 Å². The van der Waals surface area contributed by atoms with Crippen LogP contribution in [-0.4, -0.2) is 75.8 Å². The lowest BCUT2D eigenvalue weighted by molar-refractivity contribution is 0.0553. The van der Waals surface area contributed by atoms with Crippen LogP contribution >= 0.6 is 0 Å². The molecular formula is C32H42N2O6. The SMILES string of the molecule is N#CC(c1ccccc1)(c1ccccc1)C1(CCO)C(CCO)=C(CCO)C(CCO)=C(CCO)C1(N)CCO. The largest absolute Gasteiger partial charge is 0.396 e. The van der Waals surface area contributed by atoms with E-state index in [0.717, 1.165) is 0 Å². The summed E-state index contributed by atoms with van der Waals surface area (Å²) in [6.07, 6.45) is 0.506. The van der Waals surface area contributed by atoms with Crippen LogP contribution in [0.25, 0.3) is 0 Å². The van der Waals surface area contributed by atoms with Crippen LogP contribution in [0.3, 0.4) is 0 Å². The average molecular weight is 551 g/mol. The number of hydrogen-bond acceptors (Lipinski definition) is 8. The summed E-state index contributed by atoms with van der Waals surface area (Å²) in [6, 6.07) is 21.0. The summed E-state index contributed by atoms with van der Waals surface area (Å²) in [5.74, 6) is 0. The fourth-order valence-corrected chi connectivity index (χ4v) is 7.30. The third-order valence-corrected chi connectivity index (χ3v) is 8.57. The molecule has 0 bridgehead atoms. The zero-order valence-electron chi connectivity index (χ0n) is 23.0. The first-order valence-corrected chi connectivity index (χ1v) is 13.9. The Morgan fingerprint density at radius 1 is 0.600 bits per heavy atom. The van der Waals surface area contributed by atoms with Gasteiger partial charge in [-0.25, -0.2) is 0 Å². The van der Waals surface area contributed by atoms with Gasteiger partial charge in [0.25, 0.3) is 0 Å². The summed E-state index contributed by atoms with van der Waals surface area (Å²) in [6.45, 7) is -1.75. The Hall–Kier alpha value is -2.87. The van der Waals surface area contributed by atoms with E-state index in [0.29, 0.717) is 33.4 Å². The lowest BCUT2D eigenvalue weighted by Crippen LogP contribution is -2.69. The van der Waals surface area contributed by atoms with Gasteiger partial charge in [-0.05, 0) is 66.4 Å². The van der Waals surface area contributed by atoms with E-state index in [9.17, 15) is 35.9 Å². The number of nitrogens with two attached hydrogens (primary N) is 1. The standard InChI is InChI=1S/C32H42N2O6/c33-23-30(24-7-3-1-4-8-24,25-9-5-2-6-10-25)31(15-21-39)28(13-19-37)26(11-17-35)27(12-18-36)29(14-20-38)32(31,34)16-22-40/h1-10,35-40H,11-22,34H2. The Labute approximate surface area is 236 Å². The van der Waals surface area contributed by atoms with E-state index in [-0.39, 0.29) is 78.2 Å². The maximum absolute atomic E-state index is 11.4. The van der Waals surface area contributed by atoms with Gasteiger partial charge in [0.2, 0.25) is 0 Å². The fraction of sp³-hybridized carbons (Fsp3) is 0.469. The van der Waals surface area contributed by atoms with Crippen LogP contribution in [0, 0.1) is 16.7 Å². The molecule has 0 heterocycles. The smallest absolute Gasteiger partial charge is 0.119 e. The van der Waals surface area contributed by atoms with Crippen LogP contribution in [-0.2, 0) is 5.41 Å². The van der Waals surface area contributed by atoms with Gasteiger partial charge < -0.3 is 36.4 Å². The van der Waals surface area contributed by atoms with Crippen molar-refractivity contribution in [2.45, 2.75) is 49.5 Å². The van der Waals surface area contributed by atoms with Gasteiger partial charge in [0, 0.05) is 45.1 Å². The molecule has 2 atom stereocenters. The molecule has 0 amide bonds. The topological polar surface area (TPSA) is 171 Å². The molecule has 8 heteroatoms. The number of aliphatic hydroxyl groups excluding tert-OH is 6. The van der Waals surface area contributed by atoms with Crippen molar-refractivity contribution < 1.29 is 30.6 Å². The summed E-state index contributed by atoms with van der Waals surface area (Å²) in [5, 5.41) is 73.7. The molecule has 40 heavy (non-hydrogen) atoms. The van der Waals surface area contributed by atoms with E-state index < -0.39 is 16.4 Å². The first-order chi connectivity index (χ1) is 19.4. The lowest BCUT2D eigenvalue weighted by atomic mass is 9.41. The minimum Gasteiger partial charge on any atom is -0.396 e. The van der Waals surface area contributed by atoms with E-state index in [1.165, 1.54) is 0 Å². The number of aliphatic hydroxyl groups is 6. The predicted molar refractivity (Wildman–Crippen MR) is 153 cm³/mol. The second-order valence-corrected chi connectivity index (χ2v) is 10.2. The van der Waals surface area contributed by atoms with E-state index >= 15 is 0 Å². The van der Waals surface area contributed by atoms with Crippen LogP contribution in [0.15, 0.2) is 83.0 Å². The molecular weight excluding hydrogens is 508 g/mol. The van der Waals surface area contributed by atoms with Crippen molar-refractivity contribution in [2.24, 2.45) is 11.1 Å². The van der Waals surface area contributed by atoms with Crippen molar-refractivity contribution in [1.29, 1.82) is 5.26 Å². The van der Waals surface area contributed by atoms with Crippen molar-refractivity contribution >= 4 is 0 Å². The van der Waals surface area contributed by atoms with Crippen LogP contribution in [0.1, 0.15) is 49.7 Å². The number of nitrogens with zero attached hydrogens (tertiary/aromatic N) is 1. The van der Waals surface area contributed by atoms with Crippen molar-refractivity contribution in [3.63, 3.8) is 0 Å². The molecule has 0 fully saturated rings. The van der Waals surface area contributed by atoms with E-state index in [1.54, 1.807) is 0 Å². The van der Waals surface area contributed by atoms with Gasteiger partial charge >= 0.3 is 0 Å². The number of rotatable bonds is 15. The van der Waals surface area contributed by atoms with Crippen molar-refractivity contribution in [3.8, 4) is 6.07 Å². The first kappa shape index (κ1) is 31.7. The van der Waals surface area contributed by atoms with Gasteiger partial charge in [0.1, 0.15) is 5.41 Å². The van der Waals surface area contributed by atoms with Gasteiger partial charge in [-0.2, -0.15) is 5.26 Å². The maximum Gasteiger partial charge on any atom is 0.119 e. The molecule has 0 saturated heterocycles. The number of hydrogen-bond donors (Lipinski definition) is 7. The predicted octanol–water partition coefficient (Wildman–Crippen LogP) is 2.08. The normalized spacial score (nSPS) is 21.6. The molecule has 0 aliphatic heterocycles. The molecule has 8 nitrogen and oxygen atoms in total. The summed E-state index contributed by atoms with van der Waals surface area (Å²) in [7, 11) is 0. The third kappa shape index (κ3) is 5.04. The summed E-state index contributed by atoms with van der Waals surface area (Å²) >= 11 is 0. The fourth-order valence-electron chi connectivity index (χ4n) is 7.30. The van der Waals surface area contributed by atoms with Gasteiger partial charge in [0.15, 0.2) is 0 Å².